The number of fused-ring (bicyclic) bond motifs is 15. The van der Waals surface area contributed by atoms with E-state index in [1.54, 1.807) is 0 Å². The molecule has 99 heavy (non-hydrogen) atoms. The van der Waals surface area contributed by atoms with Crippen molar-refractivity contribution in [1.82, 2.24) is 71.8 Å². The Morgan fingerprint density at radius 2 is 0.697 bits per heavy atom. The first-order valence-corrected chi connectivity index (χ1v) is 34.6. The highest BCUT2D eigenvalue weighted by atomic mass is 15.1. The molecular weight excluding hydrogens is 1220 g/mol. The van der Waals surface area contributed by atoms with Crippen molar-refractivity contribution >= 4 is 137 Å². The third-order valence-electron chi connectivity index (χ3n) is 22.0. The van der Waals surface area contributed by atoms with Gasteiger partial charge >= 0.3 is 0 Å². The van der Waals surface area contributed by atoms with E-state index in [4.69, 9.17) is 0 Å². The summed E-state index contributed by atoms with van der Waals surface area (Å²) in [6, 6.07) is 42.8. The minimum atomic E-state index is 1.01. The van der Waals surface area contributed by atoms with Crippen LogP contribution in [0.1, 0.15) is 78.8 Å². The molecule has 15 nitrogen and oxygen atoms in total. The third kappa shape index (κ3) is 8.00. The molecule has 5 aromatic carbocycles. The summed E-state index contributed by atoms with van der Waals surface area (Å²) in [5, 5.41) is 16.2. The van der Waals surface area contributed by atoms with E-state index in [0.29, 0.717) is 0 Å². The van der Waals surface area contributed by atoms with Gasteiger partial charge in [-0.1, -0.05) is 97.1 Å². The topological polar surface area (TPSA) is 151 Å². The van der Waals surface area contributed by atoms with Crippen molar-refractivity contribution in [2.24, 2.45) is 0 Å². The standard InChI is InChI=1S/4C17H13N3.C16H11N3/c1-10-2-3-11-4-5-12-8-19-17-13-6-7-18-9-14(13)15(10)16(11)20(12)17;1-10-4-5-11-6-7-12-9-19-17-13-3-2-8-18-15(13)14(10)16(11)20(12)17;1-10-15-13-4-2-3-5-14(13)17-19-9-12-7-6-11(8-18-10)16(15)20(12)17;1-10-8-18-14-7-6-11-9-19-17-13-5-3-2-4-12(13)15(10)16(14)20(11)17;1-2-4-13-12(3-1)14-15-10(7-8-17-14)5-6-11-9-18-16(13)19(11)15/h2-3,6-9H,4-5H2,1H3;3*2-5,8-9H,6-7H2,1H3;1-4,7-9H,5-6H2. The smallest absolute Gasteiger partial charge is 0.146 e. The minimum absolute atomic E-state index is 1.01. The van der Waals surface area contributed by atoms with Crippen molar-refractivity contribution < 1.29 is 0 Å². The fourth-order valence-corrected chi connectivity index (χ4v) is 17.5. The van der Waals surface area contributed by atoms with Crippen molar-refractivity contribution in [3.63, 3.8) is 0 Å². The van der Waals surface area contributed by atoms with Crippen LogP contribution < -0.4 is 0 Å². The van der Waals surface area contributed by atoms with Crippen LogP contribution in [0.5, 0.6) is 0 Å². The van der Waals surface area contributed by atoms with E-state index in [1.807, 2.05) is 74.2 Å². The van der Waals surface area contributed by atoms with E-state index < -0.39 is 0 Å². The van der Waals surface area contributed by atoms with E-state index in [-0.39, 0.29) is 0 Å². The maximum Gasteiger partial charge on any atom is 0.146 e. The van der Waals surface area contributed by atoms with Crippen LogP contribution in [0, 0.1) is 27.7 Å². The van der Waals surface area contributed by atoms with Gasteiger partial charge in [0.2, 0.25) is 0 Å². The average Bonchev–Trinajstić information content (AvgIpc) is 1.73. The van der Waals surface area contributed by atoms with Crippen LogP contribution in [0.2, 0.25) is 0 Å². The van der Waals surface area contributed by atoms with Crippen LogP contribution >= 0.6 is 0 Å². The van der Waals surface area contributed by atoms with Crippen LogP contribution in [-0.2, 0) is 64.2 Å². The lowest BCUT2D eigenvalue weighted by atomic mass is 9.95. The molecule has 0 spiro atoms. The van der Waals surface area contributed by atoms with Crippen LogP contribution in [-0.4, -0.2) is 71.8 Å². The molecule has 25 rings (SSSR count). The molecule has 0 atom stereocenters. The summed E-state index contributed by atoms with van der Waals surface area (Å²) in [5.41, 5.74) is 32.2. The zero-order chi connectivity index (χ0) is 65.5. The SMILES string of the molecule is Cc1ccc2c3c1c1cnccc1c1ncc(n13)CC2.Cc1ccc2c3c1c1ncccc1c1ncc(n13)CC2.Cc1cnc2c3c1c1ccccc1c1ncc(n13)CC2.Cc1ncc2c3c1c1ccccc1c1ncc(n13)CC2.c1ccc2c(c1)c1nccc3c1n1c(cnc21)CC3. The van der Waals surface area contributed by atoms with Crippen molar-refractivity contribution in [2.75, 3.05) is 0 Å². The monoisotopic (exact) mass is 1280 g/mol. The van der Waals surface area contributed by atoms with Gasteiger partial charge in [0.15, 0.2) is 0 Å². The predicted molar refractivity (Wildman–Crippen MR) is 396 cm³/mol. The number of hydrogen-bond acceptors (Lipinski definition) is 10. The van der Waals surface area contributed by atoms with Crippen molar-refractivity contribution in [3.05, 3.63) is 268 Å². The van der Waals surface area contributed by atoms with Crippen LogP contribution in [0.25, 0.3) is 137 Å². The molecule has 20 heterocycles. The largest absolute Gasteiger partial charge is 0.296 e. The first-order valence-electron chi connectivity index (χ1n) is 34.6. The second kappa shape index (κ2) is 21.2. The summed E-state index contributed by atoms with van der Waals surface area (Å²) in [5.74, 6) is 0. The second-order valence-corrected chi connectivity index (χ2v) is 27.4. The molecular formula is C84H63N15. The number of benzene rings is 5. The number of hydrogen-bond donors (Lipinski definition) is 0. The predicted octanol–water partition coefficient (Wildman–Crippen LogP) is 16.9. The number of aryl methyl sites for hydroxylation is 14. The molecule has 5 aliphatic rings. The highest BCUT2D eigenvalue weighted by Gasteiger charge is 2.27. The number of aromatic nitrogens is 15. The molecule has 0 fully saturated rings. The Labute approximate surface area is 565 Å². The Morgan fingerprint density at radius 3 is 1.31 bits per heavy atom. The normalized spacial score (nSPS) is 13.9. The lowest BCUT2D eigenvalue weighted by Crippen LogP contribution is -2.09. The van der Waals surface area contributed by atoms with E-state index in [9.17, 15) is 0 Å². The third-order valence-corrected chi connectivity index (χ3v) is 22.0. The molecule has 15 aromatic heterocycles. The Hall–Kier alpha value is -12.1. The lowest BCUT2D eigenvalue weighted by Gasteiger charge is -2.19. The van der Waals surface area contributed by atoms with Gasteiger partial charge in [-0.05, 0) is 166 Å². The molecule has 0 aliphatic carbocycles. The van der Waals surface area contributed by atoms with Gasteiger partial charge in [-0.15, -0.1) is 0 Å². The molecule has 0 saturated heterocycles. The maximum atomic E-state index is 4.67. The summed E-state index contributed by atoms with van der Waals surface area (Å²) >= 11 is 0. The van der Waals surface area contributed by atoms with Crippen LogP contribution in [0.15, 0.2) is 189 Å². The summed E-state index contributed by atoms with van der Waals surface area (Å²) in [7, 11) is 0. The zero-order valence-corrected chi connectivity index (χ0v) is 55.2. The molecule has 0 amide bonds. The Morgan fingerprint density at radius 1 is 0.253 bits per heavy atom. The van der Waals surface area contributed by atoms with Gasteiger partial charge in [-0.25, -0.2) is 24.9 Å². The van der Waals surface area contributed by atoms with Gasteiger partial charge in [0.05, 0.1) is 44.3 Å². The van der Waals surface area contributed by atoms with Gasteiger partial charge < -0.3 is 0 Å². The van der Waals surface area contributed by atoms with E-state index in [1.165, 1.54) is 165 Å². The highest BCUT2D eigenvalue weighted by Crippen LogP contribution is 2.41. The molecule has 0 bridgehead atoms. The number of pyridine rings is 10. The first kappa shape index (κ1) is 56.1. The quantitative estimate of drug-likeness (QED) is 0.134. The Bertz CT molecular complexity index is 6270. The molecule has 474 valence electrons. The van der Waals surface area contributed by atoms with Gasteiger partial charge in [0, 0.05) is 162 Å². The van der Waals surface area contributed by atoms with E-state index in [0.717, 1.165) is 115 Å². The van der Waals surface area contributed by atoms with Gasteiger partial charge in [0.1, 0.15) is 28.2 Å². The van der Waals surface area contributed by atoms with Gasteiger partial charge in [-0.3, -0.25) is 46.9 Å². The fourth-order valence-electron chi connectivity index (χ4n) is 17.5. The molecule has 0 radical (unpaired) electrons. The lowest BCUT2D eigenvalue weighted by molar-refractivity contribution is 0.844. The molecule has 0 saturated carbocycles. The van der Waals surface area contributed by atoms with E-state index >= 15 is 0 Å². The zero-order valence-electron chi connectivity index (χ0n) is 55.2. The summed E-state index contributed by atoms with van der Waals surface area (Å²) < 4.78 is 11.6. The second-order valence-electron chi connectivity index (χ2n) is 27.4. The molecule has 0 unspecified atom stereocenters. The molecule has 15 heteroatoms. The summed E-state index contributed by atoms with van der Waals surface area (Å²) in [6.07, 6.45) is 32.4. The molecule has 20 aromatic rings. The number of rotatable bonds is 0. The molecule has 0 N–H and O–H groups in total. The summed E-state index contributed by atoms with van der Waals surface area (Å²) in [4.78, 5) is 46.2. The van der Waals surface area contributed by atoms with Crippen LogP contribution in [0.3, 0.4) is 0 Å². The summed E-state index contributed by atoms with van der Waals surface area (Å²) in [6.45, 7) is 8.60. The fraction of sp³-hybridized carbons (Fsp3) is 0.167. The van der Waals surface area contributed by atoms with Crippen LogP contribution in [0.4, 0.5) is 0 Å². The highest BCUT2D eigenvalue weighted by molar-refractivity contribution is 6.17. The van der Waals surface area contributed by atoms with Crippen molar-refractivity contribution in [3.8, 4) is 0 Å². The van der Waals surface area contributed by atoms with E-state index in [2.05, 4.69) is 215 Å². The minimum Gasteiger partial charge on any atom is -0.296 e. The molecule has 5 aliphatic heterocycles. The first-order chi connectivity index (χ1) is 48.8. The van der Waals surface area contributed by atoms with Gasteiger partial charge in [0.25, 0.3) is 0 Å². The Kier molecular flexibility index (Phi) is 12.0. The maximum absolute atomic E-state index is 4.67. The van der Waals surface area contributed by atoms with Crippen molar-refractivity contribution in [1.29, 1.82) is 0 Å². The number of nitrogens with zero attached hydrogens (tertiary/aromatic N) is 15. The van der Waals surface area contributed by atoms with Gasteiger partial charge in [-0.2, -0.15) is 0 Å². The average molecular weight is 1280 g/mol. The Balaban J connectivity index is 0.0000000813. The number of imidazole rings is 5. The van der Waals surface area contributed by atoms with Crippen molar-refractivity contribution in [2.45, 2.75) is 91.9 Å².